The first-order chi connectivity index (χ1) is 7.26. The van der Waals surface area contributed by atoms with Crippen molar-refractivity contribution in [3.63, 3.8) is 0 Å². The fourth-order valence-corrected chi connectivity index (χ4v) is 1.68. The van der Waals surface area contributed by atoms with Gasteiger partial charge in [-0.2, -0.15) is 0 Å². The molecule has 0 radical (unpaired) electrons. The molecule has 0 aliphatic heterocycles. The highest BCUT2D eigenvalue weighted by Gasteiger charge is 1.99. The minimum Gasteiger partial charge on any atom is -0.103 e. The fourth-order valence-electron chi connectivity index (χ4n) is 1.68. The van der Waals surface area contributed by atoms with Crippen LogP contribution in [0.15, 0.2) is 36.9 Å². The SMILES string of the molecule is C=CC(C)Cc1ccc(CCCC)cc1. The lowest BCUT2D eigenvalue weighted by atomic mass is 9.99. The summed E-state index contributed by atoms with van der Waals surface area (Å²) in [6.45, 7) is 8.26. The van der Waals surface area contributed by atoms with Crippen LogP contribution in [0, 0.1) is 5.92 Å². The number of hydrogen-bond acceptors (Lipinski definition) is 0. The van der Waals surface area contributed by atoms with E-state index >= 15 is 0 Å². The van der Waals surface area contributed by atoms with Crippen LogP contribution in [0.2, 0.25) is 0 Å². The van der Waals surface area contributed by atoms with Crippen molar-refractivity contribution in [3.05, 3.63) is 48.0 Å². The van der Waals surface area contributed by atoms with Crippen molar-refractivity contribution in [2.45, 2.75) is 39.5 Å². The molecule has 0 bridgehead atoms. The Kier molecular flexibility index (Phi) is 5.17. The normalized spacial score (nSPS) is 12.4. The van der Waals surface area contributed by atoms with E-state index < -0.39 is 0 Å². The molecule has 1 unspecified atom stereocenters. The molecule has 15 heavy (non-hydrogen) atoms. The van der Waals surface area contributed by atoms with Gasteiger partial charge in [-0.3, -0.25) is 0 Å². The summed E-state index contributed by atoms with van der Waals surface area (Å²) in [5.74, 6) is 0.575. The molecule has 0 spiro atoms. The zero-order chi connectivity index (χ0) is 11.1. The average Bonchev–Trinajstić information content (AvgIpc) is 2.28. The summed E-state index contributed by atoms with van der Waals surface area (Å²) >= 11 is 0. The van der Waals surface area contributed by atoms with E-state index in [2.05, 4.69) is 44.7 Å². The van der Waals surface area contributed by atoms with Gasteiger partial charge in [-0.05, 0) is 36.3 Å². The van der Waals surface area contributed by atoms with Crippen LogP contribution in [-0.2, 0) is 12.8 Å². The lowest BCUT2D eigenvalue weighted by Crippen LogP contribution is -1.95. The van der Waals surface area contributed by atoms with Crippen molar-refractivity contribution < 1.29 is 0 Å². The lowest BCUT2D eigenvalue weighted by molar-refractivity contribution is 0.724. The number of allylic oxidation sites excluding steroid dienone is 1. The van der Waals surface area contributed by atoms with Crippen LogP contribution in [0.5, 0.6) is 0 Å². The molecule has 0 nitrogen and oxygen atoms in total. The van der Waals surface area contributed by atoms with Gasteiger partial charge in [-0.15, -0.1) is 6.58 Å². The summed E-state index contributed by atoms with van der Waals surface area (Å²) < 4.78 is 0. The molecule has 0 aliphatic rings. The monoisotopic (exact) mass is 202 g/mol. The summed E-state index contributed by atoms with van der Waals surface area (Å²) in [7, 11) is 0. The van der Waals surface area contributed by atoms with Crippen LogP contribution in [0.4, 0.5) is 0 Å². The first-order valence-electron chi connectivity index (χ1n) is 5.96. The van der Waals surface area contributed by atoms with Gasteiger partial charge in [0.25, 0.3) is 0 Å². The number of rotatable bonds is 6. The molecule has 0 amide bonds. The Hall–Kier alpha value is -1.04. The maximum atomic E-state index is 3.81. The summed E-state index contributed by atoms with van der Waals surface area (Å²) in [6, 6.07) is 9.04. The molecule has 0 aromatic heterocycles. The maximum Gasteiger partial charge on any atom is -0.0218 e. The van der Waals surface area contributed by atoms with Crippen LogP contribution >= 0.6 is 0 Å². The Morgan fingerprint density at radius 1 is 1.20 bits per heavy atom. The molecule has 0 fully saturated rings. The fraction of sp³-hybridized carbons (Fsp3) is 0.467. The zero-order valence-electron chi connectivity index (χ0n) is 10.00. The molecule has 0 N–H and O–H groups in total. The van der Waals surface area contributed by atoms with Gasteiger partial charge in [0, 0.05) is 0 Å². The number of unbranched alkanes of at least 4 members (excludes halogenated alkanes) is 1. The number of aryl methyl sites for hydroxylation is 1. The highest BCUT2D eigenvalue weighted by atomic mass is 14.0. The molecule has 0 saturated heterocycles. The molecule has 1 aromatic carbocycles. The second-order valence-electron chi connectivity index (χ2n) is 4.34. The van der Waals surface area contributed by atoms with Crippen molar-refractivity contribution in [1.82, 2.24) is 0 Å². The van der Waals surface area contributed by atoms with Gasteiger partial charge in [0.15, 0.2) is 0 Å². The first-order valence-corrected chi connectivity index (χ1v) is 5.96. The molecule has 1 rings (SSSR count). The van der Waals surface area contributed by atoms with Crippen LogP contribution in [0.1, 0.15) is 37.8 Å². The third kappa shape index (κ3) is 4.33. The van der Waals surface area contributed by atoms with E-state index in [4.69, 9.17) is 0 Å². The minimum absolute atomic E-state index is 0.575. The minimum atomic E-state index is 0.575. The van der Waals surface area contributed by atoms with E-state index in [0.29, 0.717) is 5.92 Å². The molecule has 0 heteroatoms. The third-order valence-electron chi connectivity index (χ3n) is 2.80. The predicted octanol–water partition coefficient (Wildman–Crippen LogP) is 4.39. The highest BCUT2D eigenvalue weighted by molar-refractivity contribution is 5.23. The predicted molar refractivity (Wildman–Crippen MR) is 68.1 cm³/mol. The van der Waals surface area contributed by atoms with Gasteiger partial charge in [0.1, 0.15) is 0 Å². The van der Waals surface area contributed by atoms with Crippen molar-refractivity contribution in [2.75, 3.05) is 0 Å². The van der Waals surface area contributed by atoms with Crippen molar-refractivity contribution in [2.24, 2.45) is 5.92 Å². The van der Waals surface area contributed by atoms with Gasteiger partial charge in [-0.1, -0.05) is 50.6 Å². The van der Waals surface area contributed by atoms with Crippen molar-refractivity contribution in [3.8, 4) is 0 Å². The average molecular weight is 202 g/mol. The second kappa shape index (κ2) is 6.44. The van der Waals surface area contributed by atoms with Crippen LogP contribution < -0.4 is 0 Å². The van der Waals surface area contributed by atoms with Gasteiger partial charge < -0.3 is 0 Å². The number of benzene rings is 1. The Morgan fingerprint density at radius 2 is 1.80 bits per heavy atom. The molecule has 82 valence electrons. The van der Waals surface area contributed by atoms with Crippen molar-refractivity contribution >= 4 is 0 Å². The molecular formula is C15H22. The molecule has 0 heterocycles. The van der Waals surface area contributed by atoms with Crippen LogP contribution in [0.3, 0.4) is 0 Å². The largest absolute Gasteiger partial charge is 0.103 e. The lowest BCUT2D eigenvalue weighted by Gasteiger charge is -2.06. The van der Waals surface area contributed by atoms with Gasteiger partial charge in [0.05, 0.1) is 0 Å². The van der Waals surface area contributed by atoms with E-state index in [-0.39, 0.29) is 0 Å². The first kappa shape index (κ1) is 12.0. The zero-order valence-corrected chi connectivity index (χ0v) is 10.00. The summed E-state index contributed by atoms with van der Waals surface area (Å²) in [5, 5.41) is 0. The molecule has 1 atom stereocenters. The Labute approximate surface area is 94.0 Å². The maximum absolute atomic E-state index is 3.81. The topological polar surface area (TPSA) is 0 Å². The van der Waals surface area contributed by atoms with Gasteiger partial charge in [-0.25, -0.2) is 0 Å². The summed E-state index contributed by atoms with van der Waals surface area (Å²) in [4.78, 5) is 0. The van der Waals surface area contributed by atoms with Gasteiger partial charge in [0.2, 0.25) is 0 Å². The summed E-state index contributed by atoms with van der Waals surface area (Å²) in [6.07, 6.45) is 6.91. The van der Waals surface area contributed by atoms with E-state index in [9.17, 15) is 0 Å². The Morgan fingerprint density at radius 3 is 2.33 bits per heavy atom. The van der Waals surface area contributed by atoms with E-state index in [1.54, 1.807) is 0 Å². The van der Waals surface area contributed by atoms with E-state index in [1.807, 2.05) is 6.08 Å². The Bertz CT molecular complexity index is 281. The summed E-state index contributed by atoms with van der Waals surface area (Å²) in [5.41, 5.74) is 2.88. The van der Waals surface area contributed by atoms with Crippen molar-refractivity contribution in [1.29, 1.82) is 0 Å². The van der Waals surface area contributed by atoms with Crippen LogP contribution in [-0.4, -0.2) is 0 Å². The van der Waals surface area contributed by atoms with Crippen LogP contribution in [0.25, 0.3) is 0 Å². The van der Waals surface area contributed by atoms with E-state index in [0.717, 1.165) is 6.42 Å². The second-order valence-corrected chi connectivity index (χ2v) is 4.34. The van der Waals surface area contributed by atoms with E-state index in [1.165, 1.54) is 30.4 Å². The number of hydrogen-bond donors (Lipinski definition) is 0. The van der Waals surface area contributed by atoms with Gasteiger partial charge >= 0.3 is 0 Å². The molecular weight excluding hydrogens is 180 g/mol. The molecule has 0 saturated carbocycles. The highest BCUT2D eigenvalue weighted by Crippen LogP contribution is 2.12. The third-order valence-corrected chi connectivity index (χ3v) is 2.80. The quantitative estimate of drug-likeness (QED) is 0.600. The standard InChI is InChI=1S/C15H22/c1-4-6-7-14-8-10-15(11-9-14)12-13(3)5-2/h5,8-11,13H,2,4,6-7,12H2,1,3H3. The Balaban J connectivity index is 2.52. The molecule has 0 aliphatic carbocycles. The smallest absolute Gasteiger partial charge is 0.0218 e. The molecule has 1 aromatic rings.